The lowest BCUT2D eigenvalue weighted by Crippen LogP contribution is -2.57. The number of sulfonamides is 1. The van der Waals surface area contributed by atoms with Gasteiger partial charge in [-0.25, -0.2) is 12.7 Å². The molecule has 2 heterocycles. The molecule has 172 valence electrons. The highest BCUT2D eigenvalue weighted by atomic mass is 32.2. The summed E-state index contributed by atoms with van der Waals surface area (Å²) in [7, 11) is -3.79. The van der Waals surface area contributed by atoms with Crippen LogP contribution in [0.1, 0.15) is 44.1 Å². The zero-order valence-corrected chi connectivity index (χ0v) is 18.0. The third-order valence-electron chi connectivity index (χ3n) is 6.66. The number of hydrogen-bond acceptors (Lipinski definition) is 5. The first kappa shape index (κ1) is 22.5. The predicted octanol–water partition coefficient (Wildman–Crippen LogP) is 3.07. The van der Waals surface area contributed by atoms with Gasteiger partial charge in [0.25, 0.3) is 0 Å². The summed E-state index contributed by atoms with van der Waals surface area (Å²) in [6.45, 7) is 1.71. The van der Waals surface area contributed by atoms with Gasteiger partial charge in [-0.15, -0.1) is 0 Å². The van der Waals surface area contributed by atoms with Crippen molar-refractivity contribution in [2.24, 2.45) is 0 Å². The molecule has 10 heteroatoms. The molecule has 2 saturated heterocycles. The topological polar surface area (TPSA) is 66.9 Å². The summed E-state index contributed by atoms with van der Waals surface area (Å²) in [6, 6.07) is 5.04. The lowest BCUT2D eigenvalue weighted by Gasteiger charge is -2.42. The zero-order valence-electron chi connectivity index (χ0n) is 17.2. The van der Waals surface area contributed by atoms with Gasteiger partial charge in [-0.3, -0.25) is 0 Å². The maximum absolute atomic E-state index is 13.3. The predicted molar refractivity (Wildman–Crippen MR) is 108 cm³/mol. The number of benzene rings is 1. The lowest BCUT2D eigenvalue weighted by atomic mass is 9.97. The van der Waals surface area contributed by atoms with E-state index < -0.39 is 26.5 Å². The standard InChI is InChI=1S/C21H27F3N2O4S/c22-21(23,24)16-1-5-18(6-2-16)30-19-7-11-26(12-8-19)31(28,29)20(15-27)9-13-25(14-10-20)17-3-4-17/h1-2,5-6,15,17,19H,3-4,7-14H2. The molecule has 4 rings (SSSR count). The lowest BCUT2D eigenvalue weighted by molar-refractivity contribution is -0.137. The summed E-state index contributed by atoms with van der Waals surface area (Å²) in [4.78, 5) is 14.2. The van der Waals surface area contributed by atoms with Crippen molar-refractivity contribution >= 4 is 16.3 Å². The van der Waals surface area contributed by atoms with E-state index in [4.69, 9.17) is 4.74 Å². The molecule has 1 saturated carbocycles. The SMILES string of the molecule is O=CC1(S(=O)(=O)N2CCC(Oc3ccc(C(F)(F)F)cc3)CC2)CCN(C2CC2)CC1. The van der Waals surface area contributed by atoms with E-state index >= 15 is 0 Å². The second-order valence-corrected chi connectivity index (χ2v) is 11.0. The van der Waals surface area contributed by atoms with Crippen LogP contribution in [-0.2, 0) is 21.0 Å². The maximum Gasteiger partial charge on any atom is 0.416 e. The molecule has 31 heavy (non-hydrogen) atoms. The van der Waals surface area contributed by atoms with Crippen LogP contribution in [0.4, 0.5) is 13.2 Å². The summed E-state index contributed by atoms with van der Waals surface area (Å²) < 4.78 is 70.5. The average molecular weight is 461 g/mol. The number of halogens is 3. The molecule has 0 N–H and O–H groups in total. The largest absolute Gasteiger partial charge is 0.490 e. The minimum atomic E-state index is -4.40. The van der Waals surface area contributed by atoms with E-state index in [0.717, 1.165) is 25.0 Å². The molecule has 1 aromatic carbocycles. The first-order valence-corrected chi connectivity index (χ1v) is 12.1. The van der Waals surface area contributed by atoms with Crippen molar-refractivity contribution in [3.63, 3.8) is 0 Å². The Morgan fingerprint density at radius 1 is 0.968 bits per heavy atom. The Balaban J connectivity index is 1.34. The fourth-order valence-corrected chi connectivity index (χ4v) is 6.53. The van der Waals surface area contributed by atoms with Crippen LogP contribution in [0.25, 0.3) is 0 Å². The van der Waals surface area contributed by atoms with Crippen LogP contribution >= 0.6 is 0 Å². The molecule has 6 nitrogen and oxygen atoms in total. The summed E-state index contributed by atoms with van der Waals surface area (Å²) in [6.07, 6.45) is -0.298. The van der Waals surface area contributed by atoms with Gasteiger partial charge in [0.1, 0.15) is 22.9 Å². The third-order valence-corrected chi connectivity index (χ3v) is 9.24. The zero-order chi connectivity index (χ0) is 22.3. The van der Waals surface area contributed by atoms with Gasteiger partial charge in [0.2, 0.25) is 10.0 Å². The van der Waals surface area contributed by atoms with Crippen molar-refractivity contribution in [2.45, 2.75) is 61.6 Å². The Morgan fingerprint density at radius 3 is 2.03 bits per heavy atom. The smallest absolute Gasteiger partial charge is 0.416 e. The van der Waals surface area contributed by atoms with E-state index in [-0.39, 0.29) is 19.2 Å². The second-order valence-electron chi connectivity index (χ2n) is 8.69. The minimum absolute atomic E-state index is 0.232. The van der Waals surface area contributed by atoms with Crippen LogP contribution in [0.2, 0.25) is 0 Å². The molecular weight excluding hydrogens is 433 g/mol. The summed E-state index contributed by atoms with van der Waals surface area (Å²) >= 11 is 0. The van der Waals surface area contributed by atoms with E-state index in [2.05, 4.69) is 4.90 Å². The molecule has 2 aliphatic heterocycles. The Hall–Kier alpha value is -1.65. The highest BCUT2D eigenvalue weighted by Crippen LogP contribution is 2.37. The van der Waals surface area contributed by atoms with Gasteiger partial charge in [-0.1, -0.05) is 0 Å². The number of carbonyl (C=O) groups is 1. The van der Waals surface area contributed by atoms with Crippen LogP contribution < -0.4 is 4.74 Å². The van der Waals surface area contributed by atoms with Crippen LogP contribution in [-0.4, -0.2) is 67.0 Å². The minimum Gasteiger partial charge on any atom is -0.490 e. The first-order valence-electron chi connectivity index (χ1n) is 10.7. The number of ether oxygens (including phenoxy) is 1. The monoisotopic (exact) mass is 460 g/mol. The molecule has 0 bridgehead atoms. The van der Waals surface area contributed by atoms with E-state index in [1.54, 1.807) is 0 Å². The Morgan fingerprint density at radius 2 is 1.55 bits per heavy atom. The molecule has 1 aromatic rings. The molecule has 3 aliphatic rings. The van der Waals surface area contributed by atoms with Crippen molar-refractivity contribution in [1.29, 1.82) is 0 Å². The molecule has 0 aromatic heterocycles. The number of nitrogens with zero attached hydrogens (tertiary/aromatic N) is 2. The quantitative estimate of drug-likeness (QED) is 0.611. The van der Waals surface area contributed by atoms with Crippen molar-refractivity contribution in [3.05, 3.63) is 29.8 Å². The maximum atomic E-state index is 13.3. The number of aldehydes is 1. The highest BCUT2D eigenvalue weighted by Gasteiger charge is 2.51. The number of alkyl halides is 3. The molecule has 0 atom stereocenters. The number of carbonyl (C=O) groups excluding carboxylic acids is 1. The molecule has 0 unspecified atom stereocenters. The second kappa shape index (κ2) is 8.37. The number of likely N-dealkylation sites (tertiary alicyclic amines) is 1. The fraction of sp³-hybridized carbons (Fsp3) is 0.667. The van der Waals surface area contributed by atoms with Gasteiger partial charge >= 0.3 is 6.18 Å². The summed E-state index contributed by atoms with van der Waals surface area (Å²) in [5.41, 5.74) is -0.743. The Labute approximate surface area is 180 Å². The molecule has 0 radical (unpaired) electrons. The van der Waals surface area contributed by atoms with Crippen LogP contribution in [0.5, 0.6) is 5.75 Å². The van der Waals surface area contributed by atoms with Gasteiger partial charge in [0, 0.05) is 32.2 Å². The number of hydrogen-bond donors (Lipinski definition) is 0. The van der Waals surface area contributed by atoms with Crippen molar-refractivity contribution in [3.8, 4) is 5.75 Å². The Bertz CT molecular complexity index is 884. The van der Waals surface area contributed by atoms with Gasteiger partial charge in [0.05, 0.1) is 5.56 Å². The fourth-order valence-electron chi connectivity index (χ4n) is 4.51. The van der Waals surface area contributed by atoms with Gasteiger partial charge in [0.15, 0.2) is 0 Å². The molecule has 1 aliphatic carbocycles. The van der Waals surface area contributed by atoms with Crippen LogP contribution in [0.15, 0.2) is 24.3 Å². The third kappa shape index (κ3) is 4.61. The summed E-state index contributed by atoms with van der Waals surface area (Å²) in [5.74, 6) is 0.325. The van der Waals surface area contributed by atoms with Crippen LogP contribution in [0, 0.1) is 0 Å². The first-order chi connectivity index (χ1) is 14.6. The van der Waals surface area contributed by atoms with Crippen LogP contribution in [0.3, 0.4) is 0 Å². The van der Waals surface area contributed by atoms with Gasteiger partial charge < -0.3 is 14.4 Å². The van der Waals surface area contributed by atoms with Crippen molar-refractivity contribution in [1.82, 2.24) is 9.21 Å². The van der Waals surface area contributed by atoms with Crippen molar-refractivity contribution in [2.75, 3.05) is 26.2 Å². The number of rotatable bonds is 6. The molecule has 3 fully saturated rings. The molecule has 0 spiro atoms. The van der Waals surface area contributed by atoms with E-state index in [0.29, 0.717) is 56.9 Å². The van der Waals surface area contributed by atoms with Gasteiger partial charge in [-0.05, 0) is 62.8 Å². The average Bonchev–Trinajstić information content (AvgIpc) is 3.59. The Kier molecular flexibility index (Phi) is 6.08. The van der Waals surface area contributed by atoms with E-state index in [1.807, 2.05) is 0 Å². The highest BCUT2D eigenvalue weighted by molar-refractivity contribution is 7.91. The van der Waals surface area contributed by atoms with Crippen molar-refractivity contribution < 1.29 is 31.1 Å². The van der Waals surface area contributed by atoms with E-state index in [1.165, 1.54) is 16.4 Å². The normalized spacial score (nSPS) is 24.1. The van der Waals surface area contributed by atoms with Gasteiger partial charge in [-0.2, -0.15) is 13.2 Å². The van der Waals surface area contributed by atoms with E-state index in [9.17, 15) is 26.4 Å². The number of piperidine rings is 2. The molecular formula is C21H27F3N2O4S. The summed E-state index contributed by atoms with van der Waals surface area (Å²) in [5, 5.41) is 0. The molecule has 0 amide bonds.